The lowest BCUT2D eigenvalue weighted by Gasteiger charge is -2.05. The molecule has 1 aromatic heterocycles. The molecule has 8 heteroatoms. The van der Waals surface area contributed by atoms with Crippen LogP contribution in [0.3, 0.4) is 0 Å². The van der Waals surface area contributed by atoms with Gasteiger partial charge in [0.05, 0.1) is 13.5 Å². The first-order chi connectivity index (χ1) is 10.5. The van der Waals surface area contributed by atoms with Gasteiger partial charge >= 0.3 is 0 Å². The van der Waals surface area contributed by atoms with Crippen LogP contribution < -0.4 is 21.1 Å². The van der Waals surface area contributed by atoms with Crippen LogP contribution in [0.2, 0.25) is 0 Å². The number of anilines is 2. The molecule has 1 aromatic carbocycles. The molecule has 0 spiro atoms. The fourth-order valence-electron chi connectivity index (χ4n) is 1.78. The van der Waals surface area contributed by atoms with E-state index in [2.05, 4.69) is 15.6 Å². The Balaban J connectivity index is 2.08. The number of methoxy groups -OCH3 is 1. The van der Waals surface area contributed by atoms with Crippen molar-refractivity contribution in [3.8, 4) is 5.75 Å². The Hall–Kier alpha value is -2.61. The number of nitrogens with zero attached hydrogens (tertiary/aromatic N) is 1. The molecule has 0 saturated carbocycles. The van der Waals surface area contributed by atoms with Gasteiger partial charge in [-0.05, 0) is 17.7 Å². The maximum atomic E-state index is 12.1. The van der Waals surface area contributed by atoms with Gasteiger partial charge in [-0.25, -0.2) is 4.98 Å². The molecule has 0 atom stereocenters. The zero-order valence-corrected chi connectivity index (χ0v) is 13.0. The number of nitrogens with one attached hydrogen (secondary N) is 2. The molecular weight excluding hydrogens is 304 g/mol. The highest BCUT2D eigenvalue weighted by molar-refractivity contribution is 7.20. The summed E-state index contributed by atoms with van der Waals surface area (Å²) in [6, 6.07) is 7.17. The maximum Gasteiger partial charge on any atom is 0.270 e. The van der Waals surface area contributed by atoms with Crippen molar-refractivity contribution in [3.05, 3.63) is 35.5 Å². The zero-order chi connectivity index (χ0) is 16.1. The average Bonchev–Trinajstić information content (AvgIpc) is 2.91. The van der Waals surface area contributed by atoms with Gasteiger partial charge < -0.3 is 21.1 Å². The molecule has 2 aromatic rings. The Morgan fingerprint density at radius 2 is 2.00 bits per heavy atom. The van der Waals surface area contributed by atoms with E-state index in [9.17, 15) is 9.59 Å². The lowest BCUT2D eigenvalue weighted by molar-refractivity contribution is -0.115. The van der Waals surface area contributed by atoms with Crippen molar-refractivity contribution in [2.45, 2.75) is 6.42 Å². The first kappa shape index (κ1) is 15.8. The number of primary amides is 1. The SMILES string of the molecule is CNc1nc(C(N)=O)c(NC(=O)Cc2ccc(OC)cc2)s1. The molecule has 7 nitrogen and oxygen atoms in total. The van der Waals surface area contributed by atoms with Crippen molar-refractivity contribution in [2.75, 3.05) is 24.8 Å². The summed E-state index contributed by atoms with van der Waals surface area (Å²) in [4.78, 5) is 27.4. The van der Waals surface area contributed by atoms with E-state index in [1.165, 1.54) is 0 Å². The highest BCUT2D eigenvalue weighted by atomic mass is 32.1. The Morgan fingerprint density at radius 3 is 2.55 bits per heavy atom. The van der Waals surface area contributed by atoms with Gasteiger partial charge in [0.15, 0.2) is 10.8 Å². The number of carbonyl (C=O) groups is 2. The van der Waals surface area contributed by atoms with E-state index in [4.69, 9.17) is 10.5 Å². The van der Waals surface area contributed by atoms with E-state index in [0.717, 1.165) is 22.6 Å². The van der Waals surface area contributed by atoms with Crippen LogP contribution in [0.4, 0.5) is 10.1 Å². The Bertz CT molecular complexity index is 682. The number of hydrogen-bond acceptors (Lipinski definition) is 6. The van der Waals surface area contributed by atoms with Crippen LogP contribution in [0.1, 0.15) is 16.1 Å². The number of thiazole rings is 1. The van der Waals surface area contributed by atoms with Gasteiger partial charge in [0.25, 0.3) is 5.91 Å². The first-order valence-corrected chi connectivity index (χ1v) is 7.26. The lowest BCUT2D eigenvalue weighted by atomic mass is 10.1. The predicted molar refractivity (Wildman–Crippen MR) is 85.5 cm³/mol. The third-order valence-corrected chi connectivity index (χ3v) is 3.84. The normalized spacial score (nSPS) is 10.1. The van der Waals surface area contributed by atoms with E-state index in [1.54, 1.807) is 38.4 Å². The maximum absolute atomic E-state index is 12.1. The molecular formula is C14H16N4O3S. The highest BCUT2D eigenvalue weighted by Crippen LogP contribution is 2.28. The molecule has 0 unspecified atom stereocenters. The summed E-state index contributed by atoms with van der Waals surface area (Å²) in [5, 5.41) is 6.33. The van der Waals surface area contributed by atoms with E-state index in [0.29, 0.717) is 10.1 Å². The zero-order valence-electron chi connectivity index (χ0n) is 12.2. The predicted octanol–water partition coefficient (Wildman–Crippen LogP) is 1.47. The van der Waals surface area contributed by atoms with E-state index >= 15 is 0 Å². The van der Waals surface area contributed by atoms with Crippen LogP contribution in [-0.4, -0.2) is 31.0 Å². The van der Waals surface area contributed by atoms with E-state index in [1.807, 2.05) is 0 Å². The quantitative estimate of drug-likeness (QED) is 0.747. The van der Waals surface area contributed by atoms with Crippen molar-refractivity contribution in [2.24, 2.45) is 5.73 Å². The second kappa shape index (κ2) is 6.90. The third-order valence-electron chi connectivity index (χ3n) is 2.85. The number of benzene rings is 1. The van der Waals surface area contributed by atoms with Crippen LogP contribution in [0.25, 0.3) is 0 Å². The summed E-state index contributed by atoms with van der Waals surface area (Å²) in [5.74, 6) is -0.210. The van der Waals surface area contributed by atoms with Gasteiger partial charge in [0, 0.05) is 7.05 Å². The molecule has 2 rings (SSSR count). The number of amides is 2. The number of carbonyl (C=O) groups excluding carboxylic acids is 2. The van der Waals surface area contributed by atoms with Gasteiger partial charge in [-0.15, -0.1) is 0 Å². The van der Waals surface area contributed by atoms with Crippen LogP contribution >= 0.6 is 11.3 Å². The summed E-state index contributed by atoms with van der Waals surface area (Å²) >= 11 is 1.16. The monoisotopic (exact) mass is 320 g/mol. The molecule has 22 heavy (non-hydrogen) atoms. The fourth-order valence-corrected chi connectivity index (χ4v) is 2.62. The molecule has 0 radical (unpaired) electrons. The number of rotatable bonds is 6. The Morgan fingerprint density at radius 1 is 1.32 bits per heavy atom. The fraction of sp³-hybridized carbons (Fsp3) is 0.214. The highest BCUT2D eigenvalue weighted by Gasteiger charge is 2.17. The summed E-state index contributed by atoms with van der Waals surface area (Å²) < 4.78 is 5.06. The second-order valence-electron chi connectivity index (χ2n) is 4.38. The Labute approximate surface area is 131 Å². The topological polar surface area (TPSA) is 106 Å². The van der Waals surface area contributed by atoms with Gasteiger partial charge in [-0.3, -0.25) is 9.59 Å². The standard InChI is InChI=1S/C14H16N4O3S/c1-16-14-18-11(12(15)20)13(22-14)17-10(19)7-8-3-5-9(21-2)6-4-8/h3-6H,7H2,1-2H3,(H2,15,20)(H,16,18)(H,17,19). The summed E-state index contributed by atoms with van der Waals surface area (Å²) in [6.07, 6.45) is 0.176. The molecule has 2 amide bonds. The van der Waals surface area contributed by atoms with Gasteiger partial charge in [-0.2, -0.15) is 0 Å². The molecule has 0 aliphatic carbocycles. The lowest BCUT2D eigenvalue weighted by Crippen LogP contribution is -2.18. The molecule has 0 aliphatic rings. The molecule has 0 aliphatic heterocycles. The minimum Gasteiger partial charge on any atom is -0.497 e. The molecule has 1 heterocycles. The average molecular weight is 320 g/mol. The van der Waals surface area contributed by atoms with E-state index < -0.39 is 5.91 Å². The molecule has 0 fully saturated rings. The van der Waals surface area contributed by atoms with Gasteiger partial charge in [0.1, 0.15) is 10.8 Å². The number of nitrogens with two attached hydrogens (primary N) is 1. The minimum atomic E-state index is -0.683. The smallest absolute Gasteiger partial charge is 0.270 e. The van der Waals surface area contributed by atoms with Crippen molar-refractivity contribution in [1.29, 1.82) is 0 Å². The van der Waals surface area contributed by atoms with Gasteiger partial charge in [0.2, 0.25) is 5.91 Å². The first-order valence-electron chi connectivity index (χ1n) is 6.44. The summed E-state index contributed by atoms with van der Waals surface area (Å²) in [6.45, 7) is 0. The van der Waals surface area contributed by atoms with Crippen molar-refractivity contribution in [3.63, 3.8) is 0 Å². The van der Waals surface area contributed by atoms with Crippen molar-refractivity contribution >= 4 is 33.3 Å². The molecule has 0 saturated heterocycles. The van der Waals surface area contributed by atoms with Crippen LogP contribution in [0.5, 0.6) is 5.75 Å². The second-order valence-corrected chi connectivity index (χ2v) is 5.38. The molecule has 116 valence electrons. The van der Waals surface area contributed by atoms with E-state index in [-0.39, 0.29) is 18.0 Å². The number of aromatic nitrogens is 1. The van der Waals surface area contributed by atoms with Crippen molar-refractivity contribution in [1.82, 2.24) is 4.98 Å². The largest absolute Gasteiger partial charge is 0.497 e. The molecule has 0 bridgehead atoms. The third kappa shape index (κ3) is 3.73. The van der Waals surface area contributed by atoms with Crippen molar-refractivity contribution < 1.29 is 14.3 Å². The van der Waals surface area contributed by atoms with Gasteiger partial charge in [-0.1, -0.05) is 23.5 Å². The van der Waals surface area contributed by atoms with Crippen LogP contribution in [0.15, 0.2) is 24.3 Å². The number of ether oxygens (including phenoxy) is 1. The number of hydrogen-bond donors (Lipinski definition) is 3. The minimum absolute atomic E-state index is 0.0532. The van der Waals surface area contributed by atoms with Crippen LogP contribution in [-0.2, 0) is 11.2 Å². The van der Waals surface area contributed by atoms with Crippen LogP contribution in [0, 0.1) is 0 Å². The molecule has 4 N–H and O–H groups in total. The summed E-state index contributed by atoms with van der Waals surface area (Å²) in [7, 11) is 3.25. The summed E-state index contributed by atoms with van der Waals surface area (Å²) in [5.41, 5.74) is 6.14. The Kier molecular flexibility index (Phi) is 4.95.